The van der Waals surface area contributed by atoms with Crippen LogP contribution in [0.2, 0.25) is 5.02 Å². The van der Waals surface area contributed by atoms with Gasteiger partial charge in [0.1, 0.15) is 0 Å². The van der Waals surface area contributed by atoms with E-state index >= 15 is 0 Å². The van der Waals surface area contributed by atoms with Gasteiger partial charge in [0.05, 0.1) is 22.8 Å². The van der Waals surface area contributed by atoms with Gasteiger partial charge in [-0.15, -0.1) is 0 Å². The Balaban J connectivity index is 1.55. The zero-order valence-electron chi connectivity index (χ0n) is 13.6. The second-order valence-electron chi connectivity index (χ2n) is 5.75. The van der Waals surface area contributed by atoms with Crippen LogP contribution in [0, 0.1) is 0 Å². The first-order valence-electron chi connectivity index (χ1n) is 7.93. The van der Waals surface area contributed by atoms with E-state index < -0.39 is 0 Å². The van der Waals surface area contributed by atoms with Crippen LogP contribution in [0.4, 0.5) is 17.1 Å². The van der Waals surface area contributed by atoms with Crippen LogP contribution in [0.5, 0.6) is 0 Å². The standard InChI is InChI=1S/C20H16ClN3S/c1-13(23-24-16-9-7-15(21)8-10-16)14-6-11-20-18(12-14)22-17-4-2-3-5-19(17)25-20/h2-12,22,24H,1H3/b23-13+. The van der Waals surface area contributed by atoms with Gasteiger partial charge < -0.3 is 5.32 Å². The maximum Gasteiger partial charge on any atom is 0.0649 e. The van der Waals surface area contributed by atoms with Gasteiger partial charge in [0.15, 0.2) is 0 Å². The Morgan fingerprint density at radius 1 is 0.960 bits per heavy atom. The number of nitrogens with one attached hydrogen (secondary N) is 2. The Hall–Kier alpha value is -2.43. The molecule has 3 aromatic carbocycles. The number of hydrazone groups is 1. The van der Waals surface area contributed by atoms with Crippen molar-refractivity contribution in [1.29, 1.82) is 0 Å². The molecule has 2 N–H and O–H groups in total. The summed E-state index contributed by atoms with van der Waals surface area (Å²) in [6, 6.07) is 22.2. The van der Waals surface area contributed by atoms with Gasteiger partial charge in [-0.3, -0.25) is 5.43 Å². The lowest BCUT2D eigenvalue weighted by Crippen LogP contribution is -2.04. The Kier molecular flexibility index (Phi) is 4.38. The summed E-state index contributed by atoms with van der Waals surface area (Å²) in [7, 11) is 0. The number of rotatable bonds is 3. The molecular formula is C20H16ClN3S. The first-order valence-corrected chi connectivity index (χ1v) is 9.13. The summed E-state index contributed by atoms with van der Waals surface area (Å²) in [5, 5.41) is 8.69. The van der Waals surface area contributed by atoms with Crippen LogP contribution in [0.15, 0.2) is 81.6 Å². The second-order valence-corrected chi connectivity index (χ2v) is 7.27. The summed E-state index contributed by atoms with van der Waals surface area (Å²) in [4.78, 5) is 2.47. The van der Waals surface area contributed by atoms with Crippen molar-refractivity contribution in [1.82, 2.24) is 0 Å². The fraction of sp³-hybridized carbons (Fsp3) is 0.0500. The van der Waals surface area contributed by atoms with Crippen molar-refractivity contribution in [2.45, 2.75) is 16.7 Å². The monoisotopic (exact) mass is 365 g/mol. The first-order chi connectivity index (χ1) is 12.2. The zero-order valence-corrected chi connectivity index (χ0v) is 15.2. The summed E-state index contributed by atoms with van der Waals surface area (Å²) in [6.07, 6.45) is 0. The van der Waals surface area contributed by atoms with Crippen molar-refractivity contribution >= 4 is 46.1 Å². The van der Waals surface area contributed by atoms with E-state index in [-0.39, 0.29) is 0 Å². The molecule has 124 valence electrons. The zero-order chi connectivity index (χ0) is 17.2. The fourth-order valence-corrected chi connectivity index (χ4v) is 3.70. The second kappa shape index (κ2) is 6.82. The highest BCUT2D eigenvalue weighted by Gasteiger charge is 2.15. The van der Waals surface area contributed by atoms with E-state index in [9.17, 15) is 0 Å². The molecule has 1 aliphatic rings. The van der Waals surface area contributed by atoms with Gasteiger partial charge in [-0.1, -0.05) is 41.6 Å². The van der Waals surface area contributed by atoms with E-state index in [0.717, 1.165) is 28.3 Å². The molecule has 1 aliphatic heterocycles. The molecule has 3 nitrogen and oxygen atoms in total. The molecular weight excluding hydrogens is 350 g/mol. The lowest BCUT2D eigenvalue weighted by molar-refractivity contribution is 1.29. The van der Waals surface area contributed by atoms with Crippen molar-refractivity contribution in [3.63, 3.8) is 0 Å². The molecule has 1 heterocycles. The lowest BCUT2D eigenvalue weighted by atomic mass is 10.1. The summed E-state index contributed by atoms with van der Waals surface area (Å²) in [6.45, 7) is 1.99. The number of halogens is 1. The number of anilines is 3. The number of fused-ring (bicyclic) bond motifs is 2. The average Bonchev–Trinajstić information content (AvgIpc) is 2.65. The van der Waals surface area contributed by atoms with E-state index in [1.54, 1.807) is 11.8 Å². The van der Waals surface area contributed by atoms with Gasteiger partial charge in [0.25, 0.3) is 0 Å². The smallest absolute Gasteiger partial charge is 0.0649 e. The summed E-state index contributed by atoms with van der Waals surface area (Å²) >= 11 is 7.69. The minimum Gasteiger partial charge on any atom is -0.354 e. The predicted molar refractivity (Wildman–Crippen MR) is 108 cm³/mol. The number of hydrogen-bond donors (Lipinski definition) is 2. The van der Waals surface area contributed by atoms with Crippen molar-refractivity contribution in [3.8, 4) is 0 Å². The van der Waals surface area contributed by atoms with Crippen LogP contribution in [0.3, 0.4) is 0 Å². The number of nitrogens with zero attached hydrogens (tertiary/aromatic N) is 1. The first kappa shape index (κ1) is 16.1. The van der Waals surface area contributed by atoms with Gasteiger partial charge in [0, 0.05) is 14.8 Å². The maximum absolute atomic E-state index is 5.90. The van der Waals surface area contributed by atoms with Gasteiger partial charge in [-0.05, 0) is 61.0 Å². The quantitative estimate of drug-likeness (QED) is 0.326. The van der Waals surface area contributed by atoms with Gasteiger partial charge in [0.2, 0.25) is 0 Å². The third kappa shape index (κ3) is 3.50. The molecule has 0 fully saturated rings. The lowest BCUT2D eigenvalue weighted by Gasteiger charge is -2.21. The molecule has 3 aromatic rings. The van der Waals surface area contributed by atoms with Gasteiger partial charge >= 0.3 is 0 Å². The Bertz CT molecular complexity index is 951. The molecule has 0 aromatic heterocycles. The maximum atomic E-state index is 5.90. The van der Waals surface area contributed by atoms with E-state index in [2.05, 4.69) is 52.2 Å². The molecule has 0 bridgehead atoms. The van der Waals surface area contributed by atoms with Crippen molar-refractivity contribution in [2.75, 3.05) is 10.7 Å². The summed E-state index contributed by atoms with van der Waals surface area (Å²) < 4.78 is 0. The third-order valence-electron chi connectivity index (χ3n) is 3.97. The molecule has 0 aliphatic carbocycles. The molecule has 5 heteroatoms. The Morgan fingerprint density at radius 2 is 1.72 bits per heavy atom. The van der Waals surface area contributed by atoms with Crippen LogP contribution >= 0.6 is 23.4 Å². The Labute approximate surface area is 156 Å². The molecule has 0 radical (unpaired) electrons. The molecule has 4 rings (SSSR count). The highest BCUT2D eigenvalue weighted by molar-refractivity contribution is 7.99. The molecule has 0 unspecified atom stereocenters. The van der Waals surface area contributed by atoms with Crippen LogP contribution in [-0.2, 0) is 0 Å². The van der Waals surface area contributed by atoms with Crippen LogP contribution in [0.25, 0.3) is 0 Å². The Morgan fingerprint density at radius 3 is 2.56 bits per heavy atom. The minimum absolute atomic E-state index is 0.713. The summed E-state index contributed by atoms with van der Waals surface area (Å²) in [5.41, 5.74) is 8.23. The van der Waals surface area contributed by atoms with Crippen LogP contribution in [-0.4, -0.2) is 5.71 Å². The van der Waals surface area contributed by atoms with E-state index in [0.29, 0.717) is 5.02 Å². The van der Waals surface area contributed by atoms with Crippen molar-refractivity contribution in [2.24, 2.45) is 5.10 Å². The van der Waals surface area contributed by atoms with Gasteiger partial charge in [-0.2, -0.15) is 5.10 Å². The van der Waals surface area contributed by atoms with E-state index in [4.69, 9.17) is 11.6 Å². The number of para-hydroxylation sites is 1. The summed E-state index contributed by atoms with van der Waals surface area (Å²) in [5.74, 6) is 0. The average molecular weight is 366 g/mol. The molecule has 0 amide bonds. The van der Waals surface area contributed by atoms with E-state index in [1.165, 1.54) is 9.79 Å². The molecule has 0 saturated heterocycles. The molecule has 0 atom stereocenters. The fourth-order valence-electron chi connectivity index (χ4n) is 2.60. The molecule has 0 saturated carbocycles. The van der Waals surface area contributed by atoms with Crippen LogP contribution < -0.4 is 10.7 Å². The number of benzene rings is 3. The highest BCUT2D eigenvalue weighted by Crippen LogP contribution is 2.44. The van der Waals surface area contributed by atoms with E-state index in [1.807, 2.05) is 37.3 Å². The van der Waals surface area contributed by atoms with Crippen LogP contribution in [0.1, 0.15) is 12.5 Å². The molecule has 0 spiro atoms. The largest absolute Gasteiger partial charge is 0.354 e. The van der Waals surface area contributed by atoms with Gasteiger partial charge in [-0.25, -0.2) is 0 Å². The predicted octanol–water partition coefficient (Wildman–Crippen LogP) is 6.38. The highest BCUT2D eigenvalue weighted by atomic mass is 35.5. The third-order valence-corrected chi connectivity index (χ3v) is 5.37. The van der Waals surface area contributed by atoms with Crippen molar-refractivity contribution < 1.29 is 0 Å². The normalized spacial score (nSPS) is 12.8. The topological polar surface area (TPSA) is 36.4 Å². The molecule has 25 heavy (non-hydrogen) atoms. The number of hydrogen-bond acceptors (Lipinski definition) is 4. The van der Waals surface area contributed by atoms with Crippen molar-refractivity contribution in [3.05, 3.63) is 77.3 Å². The SMILES string of the molecule is C/C(=N\Nc1ccc(Cl)cc1)c1ccc2c(c1)Nc1ccccc1S2. The minimum atomic E-state index is 0.713.